The van der Waals surface area contributed by atoms with Gasteiger partial charge < -0.3 is 50.0 Å². The van der Waals surface area contributed by atoms with Crippen molar-refractivity contribution in [3.63, 3.8) is 0 Å². The topological polar surface area (TPSA) is 222 Å². The van der Waals surface area contributed by atoms with Gasteiger partial charge in [0.1, 0.15) is 36.6 Å². The van der Waals surface area contributed by atoms with E-state index in [0.29, 0.717) is 5.01 Å². The number of urea groups is 1. The number of alkyl halides is 1. The van der Waals surface area contributed by atoms with E-state index in [1.807, 2.05) is 0 Å². The fourth-order valence-electron chi connectivity index (χ4n) is 4.11. The second-order valence-electron chi connectivity index (χ2n) is 8.41. The molecule has 7 N–H and O–H groups in total. The lowest BCUT2D eigenvalue weighted by molar-refractivity contribution is -0.257. The summed E-state index contributed by atoms with van der Waals surface area (Å²) in [5.74, 6) is -1.10. The SMILES string of the molecule is C=CCN(C(=O)N(CCCl)N=O)C1OC(CO)C(COCC2OC(CO)C(O)C(O)C2O)C(O)C1O. The van der Waals surface area contributed by atoms with E-state index < -0.39 is 80.2 Å². The Morgan fingerprint density at radius 3 is 2.14 bits per heavy atom. The van der Waals surface area contributed by atoms with Gasteiger partial charge >= 0.3 is 6.03 Å². The Bertz CT molecular complexity index is 719. The number of aliphatic hydroxyl groups is 7. The summed E-state index contributed by atoms with van der Waals surface area (Å²) in [5, 5.41) is 73.6. The lowest BCUT2D eigenvalue weighted by Crippen LogP contribution is -2.64. The fourth-order valence-corrected chi connectivity index (χ4v) is 4.27. The van der Waals surface area contributed by atoms with Gasteiger partial charge in [-0.3, -0.25) is 4.90 Å². The molecule has 0 aliphatic carbocycles. The van der Waals surface area contributed by atoms with Crippen LogP contribution in [0.3, 0.4) is 0 Å². The number of rotatable bonds is 12. The third kappa shape index (κ3) is 6.87. The molecular weight excluding hydrogens is 510 g/mol. The molecule has 36 heavy (non-hydrogen) atoms. The zero-order valence-electron chi connectivity index (χ0n) is 19.4. The lowest BCUT2D eigenvalue weighted by atomic mass is 9.89. The molecule has 2 aliphatic heterocycles. The maximum Gasteiger partial charge on any atom is 0.345 e. The molecular formula is C20H34ClN3O12. The van der Waals surface area contributed by atoms with E-state index in [9.17, 15) is 45.4 Å². The minimum absolute atomic E-state index is 0.0940. The first-order valence-corrected chi connectivity index (χ1v) is 11.8. The maximum absolute atomic E-state index is 12.8. The van der Waals surface area contributed by atoms with Crippen LogP contribution in [-0.4, -0.2) is 152 Å². The van der Waals surface area contributed by atoms with Crippen molar-refractivity contribution in [1.29, 1.82) is 0 Å². The molecule has 2 aliphatic rings. The average Bonchev–Trinajstić information content (AvgIpc) is 2.88. The molecule has 0 radical (unpaired) electrons. The van der Waals surface area contributed by atoms with Crippen LogP contribution in [-0.2, 0) is 14.2 Å². The van der Waals surface area contributed by atoms with Crippen molar-refractivity contribution < 1.29 is 54.8 Å². The Balaban J connectivity index is 2.08. The van der Waals surface area contributed by atoms with E-state index in [1.165, 1.54) is 6.08 Å². The summed E-state index contributed by atoms with van der Waals surface area (Å²) in [7, 11) is 0. The van der Waals surface area contributed by atoms with E-state index in [2.05, 4.69) is 11.9 Å². The van der Waals surface area contributed by atoms with Gasteiger partial charge in [0.15, 0.2) is 6.23 Å². The van der Waals surface area contributed by atoms with E-state index >= 15 is 0 Å². The molecule has 2 heterocycles. The van der Waals surface area contributed by atoms with Crippen LogP contribution in [0.5, 0.6) is 0 Å². The Hall–Kier alpha value is -1.50. The van der Waals surface area contributed by atoms with Crippen molar-refractivity contribution in [2.45, 2.75) is 55.1 Å². The van der Waals surface area contributed by atoms with Crippen LogP contribution in [0, 0.1) is 10.8 Å². The van der Waals surface area contributed by atoms with Crippen molar-refractivity contribution in [1.82, 2.24) is 9.91 Å². The second kappa shape index (κ2) is 14.4. The highest BCUT2D eigenvalue weighted by Gasteiger charge is 2.48. The van der Waals surface area contributed by atoms with Gasteiger partial charge in [-0.1, -0.05) is 6.08 Å². The number of hydrogen-bond donors (Lipinski definition) is 7. The molecule has 0 spiro atoms. The van der Waals surface area contributed by atoms with Crippen LogP contribution >= 0.6 is 11.6 Å². The van der Waals surface area contributed by atoms with Crippen molar-refractivity contribution in [3.05, 3.63) is 17.6 Å². The summed E-state index contributed by atoms with van der Waals surface area (Å²) in [6.45, 7) is 1.21. The summed E-state index contributed by atoms with van der Waals surface area (Å²) in [6, 6.07) is -0.962. The van der Waals surface area contributed by atoms with Crippen molar-refractivity contribution >= 4 is 17.6 Å². The normalized spacial score (nSPS) is 36.8. The Morgan fingerprint density at radius 1 is 0.944 bits per heavy atom. The van der Waals surface area contributed by atoms with Crippen LogP contribution in [0.1, 0.15) is 0 Å². The molecule has 2 fully saturated rings. The highest BCUT2D eigenvalue weighted by molar-refractivity contribution is 6.18. The molecule has 0 bridgehead atoms. The fraction of sp³-hybridized carbons (Fsp3) is 0.850. The Labute approximate surface area is 212 Å². The van der Waals surface area contributed by atoms with Crippen LogP contribution in [0.2, 0.25) is 0 Å². The summed E-state index contributed by atoms with van der Waals surface area (Å²) in [6.07, 6.45) is -11.5. The summed E-state index contributed by atoms with van der Waals surface area (Å²) < 4.78 is 16.5. The quantitative estimate of drug-likeness (QED) is 0.0557. The van der Waals surface area contributed by atoms with Crippen LogP contribution in [0.25, 0.3) is 0 Å². The molecule has 0 saturated carbocycles. The van der Waals surface area contributed by atoms with Gasteiger partial charge in [-0.05, 0) is 0 Å². The largest absolute Gasteiger partial charge is 0.394 e. The number of nitrogens with zero attached hydrogens (tertiary/aromatic N) is 3. The van der Waals surface area contributed by atoms with Gasteiger partial charge in [-0.2, -0.15) is 5.01 Å². The first-order chi connectivity index (χ1) is 17.2. The Morgan fingerprint density at radius 2 is 1.58 bits per heavy atom. The molecule has 2 amide bonds. The molecule has 2 saturated heterocycles. The third-order valence-corrected chi connectivity index (χ3v) is 6.30. The lowest BCUT2D eigenvalue weighted by Gasteiger charge is -2.46. The maximum atomic E-state index is 12.8. The van der Waals surface area contributed by atoms with Gasteiger partial charge in [-0.15, -0.1) is 23.1 Å². The molecule has 0 aromatic carbocycles. The molecule has 208 valence electrons. The minimum atomic E-state index is -1.69. The van der Waals surface area contributed by atoms with Gasteiger partial charge in [0.2, 0.25) is 0 Å². The molecule has 15 nitrogen and oxygen atoms in total. The van der Waals surface area contributed by atoms with E-state index in [4.69, 9.17) is 25.8 Å². The van der Waals surface area contributed by atoms with Crippen LogP contribution in [0.15, 0.2) is 17.9 Å². The molecule has 0 aromatic heterocycles. The number of ether oxygens (including phenoxy) is 3. The monoisotopic (exact) mass is 543 g/mol. The predicted octanol–water partition coefficient (Wildman–Crippen LogP) is -3.27. The summed E-state index contributed by atoms with van der Waals surface area (Å²) in [5.41, 5.74) is 0. The van der Waals surface area contributed by atoms with Crippen LogP contribution < -0.4 is 0 Å². The number of halogens is 1. The number of nitroso groups, excluding NO2 is 1. The standard InChI is InChI=1S/C20H34ClN3O12/c1-2-4-23(20(32)24(22-33)5-3-21)19-18(31)14(27)10(11(6-25)36-19)8-34-9-13-16(29)17(30)15(28)12(7-26)35-13/h2,10-19,25-31H,1,3-9H2. The number of carbonyl (C=O) groups is 1. The highest BCUT2D eigenvalue weighted by Crippen LogP contribution is 2.30. The highest BCUT2D eigenvalue weighted by atomic mass is 35.5. The van der Waals surface area contributed by atoms with Gasteiger partial charge in [0, 0.05) is 18.3 Å². The van der Waals surface area contributed by atoms with Crippen molar-refractivity contribution in [3.8, 4) is 0 Å². The summed E-state index contributed by atoms with van der Waals surface area (Å²) >= 11 is 5.59. The molecule has 10 unspecified atom stereocenters. The first kappa shape index (κ1) is 30.7. The zero-order valence-corrected chi connectivity index (χ0v) is 20.2. The van der Waals surface area contributed by atoms with Crippen LogP contribution in [0.4, 0.5) is 4.79 Å². The van der Waals surface area contributed by atoms with Gasteiger partial charge in [0.05, 0.1) is 50.5 Å². The predicted molar refractivity (Wildman–Crippen MR) is 121 cm³/mol. The smallest absolute Gasteiger partial charge is 0.345 e. The van der Waals surface area contributed by atoms with E-state index in [1.54, 1.807) is 0 Å². The zero-order chi connectivity index (χ0) is 27.0. The van der Waals surface area contributed by atoms with Gasteiger partial charge in [0.25, 0.3) is 0 Å². The number of carbonyl (C=O) groups excluding carboxylic acids is 1. The summed E-state index contributed by atoms with van der Waals surface area (Å²) in [4.78, 5) is 24.7. The molecule has 0 aromatic rings. The number of aliphatic hydroxyl groups excluding tert-OH is 7. The number of hydrogen-bond acceptors (Lipinski definition) is 13. The second-order valence-corrected chi connectivity index (χ2v) is 8.79. The van der Waals surface area contributed by atoms with Gasteiger partial charge in [-0.25, -0.2) is 4.79 Å². The Kier molecular flexibility index (Phi) is 12.3. The molecule has 16 heteroatoms. The number of amides is 2. The minimum Gasteiger partial charge on any atom is -0.394 e. The first-order valence-electron chi connectivity index (χ1n) is 11.3. The third-order valence-electron chi connectivity index (χ3n) is 6.13. The molecule has 2 rings (SSSR count). The van der Waals surface area contributed by atoms with Crippen molar-refractivity contribution in [2.75, 3.05) is 45.4 Å². The average molecular weight is 544 g/mol. The van der Waals surface area contributed by atoms with E-state index in [-0.39, 0.29) is 32.2 Å². The van der Waals surface area contributed by atoms with E-state index in [0.717, 1.165) is 4.90 Å². The van der Waals surface area contributed by atoms with Crippen molar-refractivity contribution in [2.24, 2.45) is 11.2 Å². The molecule has 10 atom stereocenters.